The number of para-hydroxylation sites is 2. The number of benzene rings is 2. The number of sulfonamides is 1. The molecule has 1 aliphatic heterocycles. The number of carbonyl (C=O) groups excluding carboxylic acids is 1. The van der Waals surface area contributed by atoms with Gasteiger partial charge in [0.25, 0.3) is 5.91 Å². The maximum Gasteiger partial charge on any atom is 0.269 e. The normalized spacial score (nSPS) is 16.3. The Kier molecular flexibility index (Phi) is 4.30. The summed E-state index contributed by atoms with van der Waals surface area (Å²) in [6.45, 7) is 0.122. The number of anilines is 2. The monoisotopic (exact) mass is 348 g/mol. The third-order valence-corrected chi connectivity index (χ3v) is 3.86. The van der Waals surface area contributed by atoms with E-state index < -0.39 is 16.1 Å². The number of rotatable bonds is 4. The van der Waals surface area contributed by atoms with Crippen molar-refractivity contribution in [2.45, 2.75) is 6.10 Å². The highest BCUT2D eigenvalue weighted by Crippen LogP contribution is 2.31. The van der Waals surface area contributed by atoms with Crippen LogP contribution in [-0.2, 0) is 14.8 Å². The summed E-state index contributed by atoms with van der Waals surface area (Å²) in [5.74, 6) is 0.794. The van der Waals surface area contributed by atoms with Crippen LogP contribution in [0, 0.1) is 0 Å². The van der Waals surface area contributed by atoms with Gasteiger partial charge in [-0.25, -0.2) is 8.42 Å². The van der Waals surface area contributed by atoms with Crippen molar-refractivity contribution in [1.29, 1.82) is 0 Å². The van der Waals surface area contributed by atoms with E-state index in [1.165, 1.54) is 0 Å². The third kappa shape index (κ3) is 3.96. The largest absolute Gasteiger partial charge is 0.485 e. The number of fused-ring (bicyclic) bond motifs is 1. The first-order valence-electron chi connectivity index (χ1n) is 7.18. The highest BCUT2D eigenvalue weighted by atomic mass is 32.2. The number of hydrogen-bond donors (Lipinski definition) is 2. The van der Waals surface area contributed by atoms with Gasteiger partial charge in [0.15, 0.2) is 11.5 Å². The van der Waals surface area contributed by atoms with Gasteiger partial charge in [-0.15, -0.1) is 0 Å². The van der Waals surface area contributed by atoms with Crippen LogP contribution in [0.25, 0.3) is 0 Å². The van der Waals surface area contributed by atoms with Crippen molar-refractivity contribution in [1.82, 2.24) is 0 Å². The minimum Gasteiger partial charge on any atom is -0.485 e. The molecule has 0 spiro atoms. The highest BCUT2D eigenvalue weighted by Gasteiger charge is 2.27. The van der Waals surface area contributed by atoms with Crippen molar-refractivity contribution < 1.29 is 22.7 Å². The lowest BCUT2D eigenvalue weighted by Gasteiger charge is -2.25. The van der Waals surface area contributed by atoms with E-state index in [4.69, 9.17) is 9.47 Å². The van der Waals surface area contributed by atoms with Crippen LogP contribution in [0.4, 0.5) is 11.4 Å². The van der Waals surface area contributed by atoms with Gasteiger partial charge in [0.2, 0.25) is 16.1 Å². The van der Waals surface area contributed by atoms with Crippen molar-refractivity contribution in [3.63, 3.8) is 0 Å². The molecular weight excluding hydrogens is 332 g/mol. The van der Waals surface area contributed by atoms with E-state index in [-0.39, 0.29) is 12.5 Å². The van der Waals surface area contributed by atoms with Gasteiger partial charge in [-0.05, 0) is 36.4 Å². The smallest absolute Gasteiger partial charge is 0.269 e. The van der Waals surface area contributed by atoms with E-state index >= 15 is 0 Å². The van der Waals surface area contributed by atoms with Crippen LogP contribution >= 0.6 is 0 Å². The average molecular weight is 348 g/mol. The fourth-order valence-electron chi connectivity index (χ4n) is 2.21. The van der Waals surface area contributed by atoms with Crippen LogP contribution < -0.4 is 19.5 Å². The van der Waals surface area contributed by atoms with E-state index in [9.17, 15) is 13.2 Å². The van der Waals surface area contributed by atoms with Gasteiger partial charge in [-0.1, -0.05) is 12.1 Å². The van der Waals surface area contributed by atoms with Crippen molar-refractivity contribution in [2.75, 3.05) is 22.9 Å². The van der Waals surface area contributed by atoms with E-state index in [1.54, 1.807) is 42.5 Å². The Labute approximate surface area is 139 Å². The van der Waals surface area contributed by atoms with E-state index in [2.05, 4.69) is 10.0 Å². The summed E-state index contributed by atoms with van der Waals surface area (Å²) >= 11 is 0. The quantitative estimate of drug-likeness (QED) is 0.879. The van der Waals surface area contributed by atoms with Gasteiger partial charge in [0, 0.05) is 11.4 Å². The first kappa shape index (κ1) is 16.1. The third-order valence-electron chi connectivity index (χ3n) is 3.26. The molecule has 2 aromatic rings. The topological polar surface area (TPSA) is 93.7 Å². The summed E-state index contributed by atoms with van der Waals surface area (Å²) in [6, 6.07) is 13.5. The van der Waals surface area contributed by atoms with Crippen LogP contribution in [0.2, 0.25) is 0 Å². The van der Waals surface area contributed by atoms with Crippen LogP contribution in [0.15, 0.2) is 48.5 Å². The number of carbonyl (C=O) groups is 1. The zero-order valence-corrected chi connectivity index (χ0v) is 13.7. The molecule has 8 heteroatoms. The Morgan fingerprint density at radius 2 is 1.67 bits per heavy atom. The van der Waals surface area contributed by atoms with E-state index in [0.717, 1.165) is 6.26 Å². The maximum absolute atomic E-state index is 12.3. The fourth-order valence-corrected chi connectivity index (χ4v) is 2.77. The highest BCUT2D eigenvalue weighted by molar-refractivity contribution is 7.92. The molecule has 0 aliphatic carbocycles. The summed E-state index contributed by atoms with van der Waals surface area (Å²) in [5, 5.41) is 2.71. The van der Waals surface area contributed by atoms with Crippen molar-refractivity contribution in [2.24, 2.45) is 0 Å². The Morgan fingerprint density at radius 3 is 2.33 bits per heavy atom. The van der Waals surface area contributed by atoms with E-state index in [1.807, 2.05) is 6.07 Å². The van der Waals surface area contributed by atoms with Crippen LogP contribution in [0.5, 0.6) is 11.5 Å². The van der Waals surface area contributed by atoms with Crippen molar-refractivity contribution in [3.8, 4) is 11.5 Å². The van der Waals surface area contributed by atoms with Gasteiger partial charge in [-0.2, -0.15) is 0 Å². The van der Waals surface area contributed by atoms with Crippen LogP contribution in [-0.4, -0.2) is 33.3 Å². The molecule has 1 amide bonds. The Balaban J connectivity index is 1.63. The molecule has 0 saturated carbocycles. The fraction of sp³-hybridized carbons (Fsp3) is 0.188. The predicted molar refractivity (Wildman–Crippen MR) is 89.9 cm³/mol. The SMILES string of the molecule is CS(=O)(=O)Nc1ccc(NC(=O)[C@H]2COc3ccccc3O2)cc1. The predicted octanol–water partition coefficient (Wildman–Crippen LogP) is 1.84. The molecule has 2 aromatic carbocycles. The first-order chi connectivity index (χ1) is 11.4. The summed E-state index contributed by atoms with van der Waals surface area (Å²) in [6.07, 6.45) is 0.315. The molecule has 0 saturated heterocycles. The van der Waals surface area contributed by atoms with Gasteiger partial charge in [-0.3, -0.25) is 9.52 Å². The Bertz CT molecular complexity index is 849. The van der Waals surface area contributed by atoms with Gasteiger partial charge < -0.3 is 14.8 Å². The Hall–Kier alpha value is -2.74. The molecule has 7 nitrogen and oxygen atoms in total. The summed E-state index contributed by atoms with van der Waals surface area (Å²) in [5.41, 5.74) is 0.947. The van der Waals surface area contributed by atoms with Gasteiger partial charge in [0.05, 0.1) is 6.26 Å². The molecule has 3 rings (SSSR count). The zero-order chi connectivity index (χ0) is 17.2. The van der Waals surface area contributed by atoms with Gasteiger partial charge in [0.1, 0.15) is 6.61 Å². The molecular formula is C16H16N2O5S. The average Bonchev–Trinajstić information content (AvgIpc) is 2.55. The number of nitrogens with one attached hydrogen (secondary N) is 2. The minimum absolute atomic E-state index is 0.122. The molecule has 0 aromatic heterocycles. The van der Waals surface area contributed by atoms with Crippen molar-refractivity contribution >= 4 is 27.3 Å². The lowest BCUT2D eigenvalue weighted by Crippen LogP contribution is -2.40. The van der Waals surface area contributed by atoms with E-state index in [0.29, 0.717) is 22.9 Å². The second-order valence-corrected chi connectivity index (χ2v) is 7.05. The second kappa shape index (κ2) is 6.40. The standard InChI is InChI=1S/C16H16N2O5S/c1-24(20,21)18-12-8-6-11(7-9-12)17-16(19)15-10-22-13-4-2-3-5-14(13)23-15/h2-9,15,18H,10H2,1H3,(H,17,19)/t15-/m1/s1. The molecule has 0 radical (unpaired) electrons. The molecule has 1 atom stereocenters. The summed E-state index contributed by atoms with van der Waals surface area (Å²) in [7, 11) is -3.33. The maximum atomic E-state index is 12.3. The number of amides is 1. The Morgan fingerprint density at radius 1 is 1.04 bits per heavy atom. The minimum atomic E-state index is -3.33. The summed E-state index contributed by atoms with van der Waals surface area (Å²) in [4.78, 5) is 12.3. The zero-order valence-electron chi connectivity index (χ0n) is 12.9. The first-order valence-corrected chi connectivity index (χ1v) is 9.07. The lowest BCUT2D eigenvalue weighted by molar-refractivity contribution is -0.125. The number of hydrogen-bond acceptors (Lipinski definition) is 5. The van der Waals surface area contributed by atoms with Gasteiger partial charge >= 0.3 is 0 Å². The molecule has 2 N–H and O–H groups in total. The molecule has 126 valence electrons. The number of ether oxygens (including phenoxy) is 2. The molecule has 1 heterocycles. The second-order valence-electron chi connectivity index (χ2n) is 5.31. The molecule has 0 bridgehead atoms. The van der Waals surface area contributed by atoms with Crippen LogP contribution in [0.1, 0.15) is 0 Å². The lowest BCUT2D eigenvalue weighted by atomic mass is 10.2. The molecule has 24 heavy (non-hydrogen) atoms. The summed E-state index contributed by atoms with van der Waals surface area (Å²) < 4.78 is 35.8. The molecule has 0 fully saturated rings. The van der Waals surface area contributed by atoms with Crippen LogP contribution in [0.3, 0.4) is 0 Å². The van der Waals surface area contributed by atoms with Crippen molar-refractivity contribution in [3.05, 3.63) is 48.5 Å². The molecule has 0 unspecified atom stereocenters. The molecule has 1 aliphatic rings.